The van der Waals surface area contributed by atoms with Crippen LogP contribution in [0.3, 0.4) is 0 Å². The highest BCUT2D eigenvalue weighted by Gasteiger charge is 2.53. The van der Waals surface area contributed by atoms with Crippen LogP contribution in [0.15, 0.2) is 95.2 Å². The number of ether oxygens (including phenoxy) is 1. The first kappa shape index (κ1) is 36.1. The maximum absolute atomic E-state index is 14.6. The van der Waals surface area contributed by atoms with Crippen molar-refractivity contribution in [1.29, 1.82) is 5.26 Å². The van der Waals surface area contributed by atoms with Crippen LogP contribution >= 0.6 is 0 Å². The molecular weight excluding hydrogens is 670 g/mol. The van der Waals surface area contributed by atoms with E-state index in [2.05, 4.69) is 33.1 Å². The molecule has 3 atom stereocenters. The average molecular weight is 714 g/mol. The van der Waals surface area contributed by atoms with Crippen molar-refractivity contribution in [3.05, 3.63) is 96.8 Å². The average Bonchev–Trinajstić information content (AvgIpc) is 3.59. The molecule has 3 aromatic rings. The number of nitrogens with zero attached hydrogens (tertiary/aromatic N) is 3. The van der Waals surface area contributed by atoms with E-state index in [0.717, 1.165) is 70.2 Å². The molecule has 6 rings (SSSR count). The van der Waals surface area contributed by atoms with Gasteiger partial charge in [0, 0.05) is 49.9 Å². The van der Waals surface area contributed by atoms with Gasteiger partial charge in [-0.3, -0.25) is 4.79 Å². The third kappa shape index (κ3) is 7.51. The van der Waals surface area contributed by atoms with Crippen molar-refractivity contribution in [1.82, 2.24) is 10.2 Å². The van der Waals surface area contributed by atoms with Crippen molar-refractivity contribution in [3.8, 4) is 6.07 Å². The number of alkyl carbamates (subject to hydrolysis) is 1. The molecule has 3 unspecified atom stereocenters. The fraction of sp³-hybridized carbons (Fsp3) is 0.410. The van der Waals surface area contributed by atoms with Crippen molar-refractivity contribution < 1.29 is 27.1 Å². The number of benzene rings is 3. The van der Waals surface area contributed by atoms with Gasteiger partial charge in [0.1, 0.15) is 11.9 Å². The lowest BCUT2D eigenvalue weighted by molar-refractivity contribution is -0.111. The second kappa shape index (κ2) is 15.3. The molecule has 0 radical (unpaired) electrons. The molecule has 1 aliphatic carbocycles. The molecule has 2 N–H and O–H groups in total. The van der Waals surface area contributed by atoms with Gasteiger partial charge in [-0.05, 0) is 123 Å². The molecule has 2 saturated heterocycles. The fourth-order valence-corrected chi connectivity index (χ4v) is 9.50. The molecule has 0 bridgehead atoms. The predicted molar refractivity (Wildman–Crippen MR) is 192 cm³/mol. The summed E-state index contributed by atoms with van der Waals surface area (Å²) in [6.45, 7) is 7.69. The highest BCUT2D eigenvalue weighted by molar-refractivity contribution is 7.91. The largest absolute Gasteiger partial charge is 0.446 e. The number of amides is 2. The van der Waals surface area contributed by atoms with Gasteiger partial charge >= 0.3 is 6.09 Å². The van der Waals surface area contributed by atoms with Crippen LogP contribution in [-0.4, -0.2) is 71.2 Å². The van der Waals surface area contributed by atoms with Crippen molar-refractivity contribution in [2.24, 2.45) is 17.8 Å². The van der Waals surface area contributed by atoms with Crippen LogP contribution < -0.4 is 15.5 Å². The summed E-state index contributed by atoms with van der Waals surface area (Å²) in [7, 11) is -2.20. The number of anilines is 2. The van der Waals surface area contributed by atoms with Gasteiger partial charge in [0.25, 0.3) is 0 Å². The Balaban J connectivity index is 1.05. The van der Waals surface area contributed by atoms with Gasteiger partial charge < -0.3 is 25.2 Å². The Morgan fingerprint density at radius 1 is 1.02 bits per heavy atom. The molecule has 1 saturated carbocycles. The van der Waals surface area contributed by atoms with Gasteiger partial charge in [0.15, 0.2) is 0 Å². The number of sulfone groups is 1. The summed E-state index contributed by atoms with van der Waals surface area (Å²) in [6, 6.07) is 22.0. The number of hydrogen-bond acceptors (Lipinski definition) is 8. The van der Waals surface area contributed by atoms with Crippen molar-refractivity contribution >= 4 is 33.2 Å². The monoisotopic (exact) mass is 713 g/mol. The smallest absolute Gasteiger partial charge is 0.407 e. The van der Waals surface area contributed by atoms with Crippen LogP contribution in [0.1, 0.15) is 37.7 Å². The zero-order chi connectivity index (χ0) is 36.2. The first-order valence-electron chi connectivity index (χ1n) is 17.5. The number of carbonyl (C=O) groups is 2. The predicted octanol–water partition coefficient (Wildman–Crippen LogP) is 5.92. The number of carbonyl (C=O) groups excluding carboxylic acids is 2. The molecule has 3 aliphatic rings. The van der Waals surface area contributed by atoms with E-state index in [1.807, 2.05) is 18.2 Å². The van der Waals surface area contributed by atoms with Gasteiger partial charge in [-0.1, -0.05) is 18.7 Å². The maximum Gasteiger partial charge on any atom is 0.407 e. The van der Waals surface area contributed by atoms with E-state index >= 15 is 0 Å². The molecule has 2 heterocycles. The second-order valence-electron chi connectivity index (χ2n) is 13.8. The molecule has 12 heteroatoms. The summed E-state index contributed by atoms with van der Waals surface area (Å²) in [5, 5.41) is 16.0. The summed E-state index contributed by atoms with van der Waals surface area (Å²) in [4.78, 5) is 28.8. The molecule has 2 aliphatic heterocycles. The Bertz CT molecular complexity index is 1880. The Morgan fingerprint density at radius 3 is 2.29 bits per heavy atom. The minimum absolute atomic E-state index is 0.0109. The zero-order valence-electron chi connectivity index (χ0n) is 28.8. The van der Waals surface area contributed by atoms with Crippen molar-refractivity contribution in [2.75, 3.05) is 50.0 Å². The lowest BCUT2D eigenvalue weighted by Crippen LogP contribution is -2.54. The van der Waals surface area contributed by atoms with E-state index in [1.165, 1.54) is 31.3 Å². The SMILES string of the molecule is C=CC(=O)Nc1ccc(S(=O)(=O)c2ccc(N3CC(CN4CCC(C(C#N)(c5cccc(F)c5)C5CCCC5OC(=O)NC)CC4)C3)cc2)cc1. The van der Waals surface area contributed by atoms with Crippen LogP contribution in [0.5, 0.6) is 0 Å². The Kier molecular flexibility index (Phi) is 10.8. The van der Waals surface area contributed by atoms with Gasteiger partial charge in [-0.25, -0.2) is 17.6 Å². The first-order valence-corrected chi connectivity index (χ1v) is 19.0. The van der Waals surface area contributed by atoms with Gasteiger partial charge in [0.2, 0.25) is 15.7 Å². The third-order valence-corrected chi connectivity index (χ3v) is 12.6. The number of halogens is 1. The van der Waals surface area contributed by atoms with E-state index in [1.54, 1.807) is 30.3 Å². The minimum atomic E-state index is -3.72. The minimum Gasteiger partial charge on any atom is -0.446 e. The van der Waals surface area contributed by atoms with E-state index in [9.17, 15) is 27.7 Å². The van der Waals surface area contributed by atoms with Crippen molar-refractivity contribution in [3.63, 3.8) is 0 Å². The van der Waals surface area contributed by atoms with Gasteiger partial charge in [0.05, 0.1) is 21.3 Å². The van der Waals surface area contributed by atoms with Gasteiger partial charge in [-0.2, -0.15) is 5.26 Å². The van der Waals surface area contributed by atoms with Crippen LogP contribution in [-0.2, 0) is 24.8 Å². The summed E-state index contributed by atoms with van der Waals surface area (Å²) >= 11 is 0. The number of likely N-dealkylation sites (tertiary alicyclic amines) is 1. The number of piperidine rings is 1. The molecule has 0 aromatic heterocycles. The van der Waals surface area contributed by atoms with E-state index in [0.29, 0.717) is 23.6 Å². The molecule has 51 heavy (non-hydrogen) atoms. The highest BCUT2D eigenvalue weighted by Crippen LogP contribution is 2.51. The zero-order valence-corrected chi connectivity index (χ0v) is 29.6. The van der Waals surface area contributed by atoms with Gasteiger partial charge in [-0.15, -0.1) is 0 Å². The van der Waals surface area contributed by atoms with Crippen LogP contribution in [0.4, 0.5) is 20.6 Å². The van der Waals surface area contributed by atoms with Crippen LogP contribution in [0.2, 0.25) is 0 Å². The Morgan fingerprint density at radius 2 is 1.69 bits per heavy atom. The van der Waals surface area contributed by atoms with E-state index in [4.69, 9.17) is 4.74 Å². The maximum atomic E-state index is 14.6. The molecule has 3 fully saturated rings. The lowest BCUT2D eigenvalue weighted by atomic mass is 9.59. The standard InChI is InChI=1S/C39H44FN5O5S/c1-3-37(46)43-31-10-14-33(15-11-31)51(48,49)34-16-12-32(13-17-34)45-24-27(25-45)23-44-20-18-28(19-21-44)39(26-41,29-6-4-7-30(40)22-29)35-8-5-9-36(35)50-38(47)42-2/h3-4,6-7,10-17,22,27-28,35-36H,1,5,8-9,18-21,23-25H2,2H3,(H,42,47)(H,43,46). The lowest BCUT2D eigenvalue weighted by Gasteiger charge is -2.47. The highest BCUT2D eigenvalue weighted by atomic mass is 32.2. The van der Waals surface area contributed by atoms with Crippen LogP contribution in [0, 0.1) is 34.9 Å². The summed E-state index contributed by atoms with van der Waals surface area (Å²) in [6.07, 6.45) is 4.05. The number of nitriles is 1. The number of hydrogen-bond donors (Lipinski definition) is 2. The third-order valence-electron chi connectivity index (χ3n) is 10.8. The van der Waals surface area contributed by atoms with Crippen LogP contribution in [0.25, 0.3) is 0 Å². The summed E-state index contributed by atoms with van der Waals surface area (Å²) < 4.78 is 46.8. The number of nitrogens with one attached hydrogen (secondary N) is 2. The fourth-order valence-electron chi connectivity index (χ4n) is 8.24. The normalized spacial score (nSPS) is 21.2. The Hall–Kier alpha value is -4.73. The first-order chi connectivity index (χ1) is 24.6. The molecular formula is C39H44FN5O5S. The summed E-state index contributed by atoms with van der Waals surface area (Å²) in [5.74, 6) is -0.531. The summed E-state index contributed by atoms with van der Waals surface area (Å²) in [5.41, 5.74) is 1.15. The molecule has 10 nitrogen and oxygen atoms in total. The molecule has 268 valence electrons. The van der Waals surface area contributed by atoms with E-state index in [-0.39, 0.29) is 33.4 Å². The number of rotatable bonds is 11. The quantitative estimate of drug-likeness (QED) is 0.234. The van der Waals surface area contributed by atoms with Crippen molar-refractivity contribution in [2.45, 2.75) is 53.4 Å². The Labute approximate surface area is 299 Å². The second-order valence-corrected chi connectivity index (χ2v) is 15.7. The van der Waals surface area contributed by atoms with E-state index < -0.39 is 27.4 Å². The molecule has 3 aromatic carbocycles. The topological polar surface area (TPSA) is 132 Å². The molecule has 2 amide bonds. The molecule has 0 spiro atoms.